The molecule has 1 aliphatic heterocycles. The molecule has 9 heteroatoms. The van der Waals surface area contributed by atoms with Crippen LogP contribution in [0.3, 0.4) is 0 Å². The van der Waals surface area contributed by atoms with E-state index in [9.17, 15) is 15.8 Å². The molecule has 0 spiro atoms. The topological polar surface area (TPSA) is 93.1 Å². The van der Waals surface area contributed by atoms with Crippen molar-refractivity contribution in [2.24, 2.45) is 0 Å². The Morgan fingerprint density at radius 1 is 0.739 bits per heavy atom. The first-order valence-electron chi connectivity index (χ1n) is 25.0. The van der Waals surface area contributed by atoms with Gasteiger partial charge in [-0.25, -0.2) is 0 Å². The molecule has 2 aliphatic rings. The molecule has 0 N–H and O–H groups in total. The molecular weight excluding hydrogens is 901 g/mol. The summed E-state index contributed by atoms with van der Waals surface area (Å²) < 4.78 is 12.7. The van der Waals surface area contributed by atoms with Gasteiger partial charge in [0.05, 0.1) is 21.8 Å². The normalized spacial score (nSPS) is 14.9. The highest BCUT2D eigenvalue weighted by molar-refractivity contribution is 7.24. The van der Waals surface area contributed by atoms with E-state index in [1.807, 2.05) is 43.4 Å². The lowest BCUT2D eigenvalue weighted by Gasteiger charge is -2.36. The maximum Gasteiger partial charge on any atom is 0.192 e. The number of hydrogen-bond donors (Lipinski definition) is 0. The number of anilines is 1. The third-order valence-electron chi connectivity index (χ3n) is 14.7. The second-order valence-corrected chi connectivity index (χ2v) is 27.8. The molecule has 0 bridgehead atoms. The van der Waals surface area contributed by atoms with E-state index >= 15 is 0 Å². The van der Waals surface area contributed by atoms with Crippen molar-refractivity contribution in [2.45, 2.75) is 142 Å². The fraction of sp³-hybridized carbons (Fsp3) is 0.417. The fourth-order valence-corrected chi connectivity index (χ4v) is 13.1. The van der Waals surface area contributed by atoms with Gasteiger partial charge in [0.2, 0.25) is 0 Å². The van der Waals surface area contributed by atoms with Crippen LogP contribution in [-0.2, 0) is 27.4 Å². The van der Waals surface area contributed by atoms with Crippen molar-refractivity contribution in [3.05, 3.63) is 152 Å². The highest BCUT2D eigenvalue weighted by Crippen LogP contribution is 2.62. The van der Waals surface area contributed by atoms with Crippen LogP contribution in [0.25, 0.3) is 26.3 Å². The summed E-state index contributed by atoms with van der Waals surface area (Å²) in [5, 5.41) is 29.9. The summed E-state index contributed by atoms with van der Waals surface area (Å²) in [5.41, 5.74) is 9.35. The van der Waals surface area contributed by atoms with Gasteiger partial charge >= 0.3 is 0 Å². The van der Waals surface area contributed by atoms with Gasteiger partial charge in [0.15, 0.2) is 19.6 Å². The van der Waals surface area contributed by atoms with E-state index in [-0.39, 0.29) is 21.9 Å². The smallest absolute Gasteiger partial charge is 0.192 e. The second kappa shape index (κ2) is 21.7. The molecule has 5 aromatic rings. The van der Waals surface area contributed by atoms with Crippen molar-refractivity contribution >= 4 is 42.8 Å². The molecule has 7 rings (SSSR count). The number of benzene rings is 3. The van der Waals surface area contributed by atoms with E-state index in [1.165, 1.54) is 111 Å². The Morgan fingerprint density at radius 3 is 1.81 bits per heavy atom. The average Bonchev–Trinajstić information content (AvgIpc) is 4.07. The molecule has 69 heavy (non-hydrogen) atoms. The van der Waals surface area contributed by atoms with Crippen LogP contribution in [-0.4, -0.2) is 34.1 Å². The Hall–Kier alpha value is -5.47. The van der Waals surface area contributed by atoms with Gasteiger partial charge in [-0.3, -0.25) is 0 Å². The summed E-state index contributed by atoms with van der Waals surface area (Å²) in [6.07, 6.45) is 16.0. The van der Waals surface area contributed by atoms with E-state index in [2.05, 4.69) is 157 Å². The molecule has 0 amide bonds. The minimum Gasteiger partial charge on any atom is -0.480 e. The molecule has 3 heterocycles. The van der Waals surface area contributed by atoms with Gasteiger partial charge < -0.3 is 14.1 Å². The summed E-state index contributed by atoms with van der Waals surface area (Å²) in [7, 11) is 0.319. The third kappa shape index (κ3) is 10.7. The molecule has 1 aliphatic carbocycles. The van der Waals surface area contributed by atoms with Crippen molar-refractivity contribution in [3.8, 4) is 38.4 Å². The lowest BCUT2D eigenvalue weighted by molar-refractivity contribution is 0.0954. The van der Waals surface area contributed by atoms with Gasteiger partial charge in [-0.2, -0.15) is 15.8 Å². The lowest BCUT2D eigenvalue weighted by atomic mass is 9.68. The summed E-state index contributed by atoms with van der Waals surface area (Å²) in [4.78, 5) is 7.10. The number of likely N-dealkylation sites (N-methyl/N-ethyl adjacent to an activating group) is 1. The van der Waals surface area contributed by atoms with E-state index in [4.69, 9.17) is 9.16 Å². The van der Waals surface area contributed by atoms with Crippen molar-refractivity contribution in [1.82, 2.24) is 0 Å². The number of aryl methyl sites for hydroxylation is 2. The molecular formula is C60H70N4O2S2Si. The zero-order valence-corrected chi connectivity index (χ0v) is 45.3. The number of thiophene rings is 2. The largest absolute Gasteiger partial charge is 0.480 e. The second-order valence-electron chi connectivity index (χ2n) is 20.9. The fourth-order valence-electron chi connectivity index (χ4n) is 9.52. The highest BCUT2D eigenvalue weighted by atomic mass is 32.1. The first kappa shape index (κ1) is 51.4. The average molecular weight is 971 g/mol. The number of ether oxygens (including phenoxy) is 1. The molecule has 0 unspecified atom stereocenters. The molecule has 3 aromatic carbocycles. The SMILES string of the molecule is CCCCCCc1ccc(C2(c3ccc(CCCCCC)cc3)c3cc(/C=C/C4=C(C#N)C(=C(C#N)C#N)OC4(C)C)sc3-c3sc(-c4ccc(N(C)CCO[Si](C)(C)C(C)(C)C)cc4)cc32)cc1. The van der Waals surface area contributed by atoms with Gasteiger partial charge in [0.25, 0.3) is 0 Å². The minimum absolute atomic E-state index is 0.0496. The van der Waals surface area contributed by atoms with Crippen LogP contribution >= 0.6 is 22.7 Å². The van der Waals surface area contributed by atoms with E-state index in [1.54, 1.807) is 11.3 Å². The van der Waals surface area contributed by atoms with E-state index in [0.29, 0.717) is 12.2 Å². The molecule has 0 atom stereocenters. The molecule has 0 fully saturated rings. The van der Waals surface area contributed by atoms with Crippen LogP contribution in [0.15, 0.2) is 113 Å². The highest BCUT2D eigenvalue weighted by Gasteiger charge is 2.49. The van der Waals surface area contributed by atoms with Gasteiger partial charge in [0.1, 0.15) is 29.4 Å². The summed E-state index contributed by atoms with van der Waals surface area (Å²) in [6, 6.07) is 38.9. The van der Waals surface area contributed by atoms with Crippen LogP contribution in [0.4, 0.5) is 5.69 Å². The lowest BCUT2D eigenvalue weighted by Crippen LogP contribution is -2.42. The Kier molecular flexibility index (Phi) is 16.1. The van der Waals surface area contributed by atoms with Crippen LogP contribution in [0.5, 0.6) is 0 Å². The molecule has 6 nitrogen and oxygen atoms in total. The van der Waals surface area contributed by atoms with Crippen LogP contribution in [0.2, 0.25) is 18.1 Å². The Labute approximate surface area is 422 Å². The zero-order valence-electron chi connectivity index (χ0n) is 42.6. The Morgan fingerprint density at radius 2 is 1.29 bits per heavy atom. The number of hydrogen-bond acceptors (Lipinski definition) is 8. The van der Waals surface area contributed by atoms with Crippen LogP contribution < -0.4 is 4.90 Å². The first-order valence-corrected chi connectivity index (χ1v) is 29.6. The number of fused-ring (bicyclic) bond motifs is 3. The maximum absolute atomic E-state index is 10.3. The molecule has 0 saturated carbocycles. The Bertz CT molecular complexity index is 2760. The zero-order chi connectivity index (χ0) is 49.6. The van der Waals surface area contributed by atoms with Gasteiger partial charge in [-0.1, -0.05) is 140 Å². The standard InChI is InChI=1S/C60H70N4O2S2Si/c1-11-13-15-17-19-42-21-27-46(28-22-42)60(47-29-23-43(24-30-47)20-18-16-14-12-2)52-37-49(33-34-51-50(41-63)55(45(39-61)40-62)66-59(51,6)7)67-56(52)57-53(60)38-54(68-57)44-25-31-48(32-26-44)64(8)35-36-65-69(9,10)58(3,4)5/h21-34,37-38H,11-20,35-36H2,1-10H3/b34-33+. The number of unbranched alkanes of at least 4 members (excludes halogenated alkanes) is 6. The molecule has 0 saturated heterocycles. The van der Waals surface area contributed by atoms with E-state index in [0.717, 1.165) is 24.3 Å². The quantitative estimate of drug-likeness (QED) is 0.0430. The van der Waals surface area contributed by atoms with E-state index < -0.39 is 19.3 Å². The predicted molar refractivity (Wildman–Crippen MR) is 292 cm³/mol. The molecule has 2 aromatic heterocycles. The molecule has 358 valence electrons. The van der Waals surface area contributed by atoms with Crippen molar-refractivity contribution in [2.75, 3.05) is 25.1 Å². The summed E-state index contributed by atoms with van der Waals surface area (Å²) in [5.74, 6) is 0.0496. The number of nitrogens with zero attached hydrogens (tertiary/aromatic N) is 4. The van der Waals surface area contributed by atoms with Gasteiger partial charge in [-0.05, 0) is 127 Å². The first-order chi connectivity index (χ1) is 33.0. The summed E-state index contributed by atoms with van der Waals surface area (Å²) >= 11 is 3.64. The number of rotatable bonds is 20. The van der Waals surface area contributed by atoms with Crippen molar-refractivity contribution < 1.29 is 9.16 Å². The maximum atomic E-state index is 10.3. The predicted octanol–water partition coefficient (Wildman–Crippen LogP) is 16.5. The van der Waals surface area contributed by atoms with Crippen LogP contribution in [0.1, 0.15) is 138 Å². The molecule has 0 radical (unpaired) electrons. The number of allylic oxidation sites excluding steroid dienone is 2. The van der Waals surface area contributed by atoms with Crippen molar-refractivity contribution in [1.29, 1.82) is 15.8 Å². The third-order valence-corrected chi connectivity index (χ3v) is 21.7. The minimum atomic E-state index is -1.83. The monoisotopic (exact) mass is 970 g/mol. The van der Waals surface area contributed by atoms with Gasteiger partial charge in [-0.15, -0.1) is 22.7 Å². The van der Waals surface area contributed by atoms with Crippen molar-refractivity contribution in [3.63, 3.8) is 0 Å². The van der Waals surface area contributed by atoms with Gasteiger partial charge in [0, 0.05) is 34.6 Å². The summed E-state index contributed by atoms with van der Waals surface area (Å²) in [6.45, 7) is 21.3. The number of nitriles is 3. The van der Waals surface area contributed by atoms with Crippen LogP contribution in [0, 0.1) is 34.0 Å². The Balaban J connectivity index is 1.34.